The Balaban J connectivity index is 2.35. The van der Waals surface area contributed by atoms with Gasteiger partial charge in [0, 0.05) is 0 Å². The molecule has 1 nitrogen and oxygen atoms in total. The summed E-state index contributed by atoms with van der Waals surface area (Å²) in [6.45, 7) is 11.8. The summed E-state index contributed by atoms with van der Waals surface area (Å²) in [7, 11) is 0. The monoisotopic (exact) mass is 224 g/mol. The Labute approximate surface area is 101 Å². The fourth-order valence-corrected chi connectivity index (χ4v) is 5.20. The maximum Gasteiger partial charge on any atom is 0.0581 e. The summed E-state index contributed by atoms with van der Waals surface area (Å²) in [5.41, 5.74) is 0.714. The highest BCUT2D eigenvalue weighted by molar-refractivity contribution is 5.07. The molecule has 0 heterocycles. The van der Waals surface area contributed by atoms with E-state index in [-0.39, 0.29) is 6.10 Å². The topological polar surface area (TPSA) is 20.2 Å². The van der Waals surface area contributed by atoms with Gasteiger partial charge in [0.2, 0.25) is 0 Å². The molecule has 0 bridgehead atoms. The molecular formula is C15H28O. The lowest BCUT2D eigenvalue weighted by Gasteiger charge is -2.51. The molecule has 0 aromatic rings. The smallest absolute Gasteiger partial charge is 0.0581 e. The average molecular weight is 224 g/mol. The maximum absolute atomic E-state index is 10.4. The number of aliphatic hydroxyl groups is 1. The van der Waals surface area contributed by atoms with Crippen molar-refractivity contribution in [2.45, 2.75) is 66.4 Å². The van der Waals surface area contributed by atoms with Gasteiger partial charge in [-0.15, -0.1) is 0 Å². The van der Waals surface area contributed by atoms with Crippen molar-refractivity contribution < 1.29 is 5.11 Å². The third-order valence-corrected chi connectivity index (χ3v) is 5.62. The van der Waals surface area contributed by atoms with E-state index in [1.165, 1.54) is 19.3 Å². The molecule has 0 saturated heterocycles. The molecule has 0 amide bonds. The van der Waals surface area contributed by atoms with Gasteiger partial charge < -0.3 is 5.11 Å². The molecule has 16 heavy (non-hydrogen) atoms. The van der Waals surface area contributed by atoms with Crippen LogP contribution in [0.15, 0.2) is 0 Å². The molecule has 2 fully saturated rings. The summed E-state index contributed by atoms with van der Waals surface area (Å²) < 4.78 is 0. The zero-order chi connectivity index (χ0) is 12.1. The molecule has 0 aromatic carbocycles. The number of hydrogen-bond donors (Lipinski definition) is 1. The van der Waals surface area contributed by atoms with Crippen LogP contribution in [0.25, 0.3) is 0 Å². The van der Waals surface area contributed by atoms with E-state index in [4.69, 9.17) is 0 Å². The summed E-state index contributed by atoms with van der Waals surface area (Å²) in [6.07, 6.45) is 4.92. The van der Waals surface area contributed by atoms with Crippen molar-refractivity contribution in [3.8, 4) is 0 Å². The predicted octanol–water partition coefficient (Wildman–Crippen LogP) is 3.86. The van der Waals surface area contributed by atoms with Crippen molar-refractivity contribution in [3.05, 3.63) is 0 Å². The first-order chi connectivity index (χ1) is 7.29. The highest BCUT2D eigenvalue weighted by Crippen LogP contribution is 2.63. The maximum atomic E-state index is 10.4. The van der Waals surface area contributed by atoms with E-state index in [2.05, 4.69) is 34.6 Å². The Kier molecular flexibility index (Phi) is 2.89. The quantitative estimate of drug-likeness (QED) is 0.717. The van der Waals surface area contributed by atoms with Crippen LogP contribution in [0.4, 0.5) is 0 Å². The second kappa shape index (κ2) is 3.73. The summed E-state index contributed by atoms with van der Waals surface area (Å²) in [5.74, 6) is 1.94. The van der Waals surface area contributed by atoms with E-state index < -0.39 is 0 Å². The minimum absolute atomic E-state index is 0.0623. The lowest BCUT2D eigenvalue weighted by atomic mass is 9.54. The minimum Gasteiger partial charge on any atom is -0.393 e. The molecule has 0 unspecified atom stereocenters. The highest BCUT2D eigenvalue weighted by atomic mass is 16.3. The Hall–Kier alpha value is -0.0400. The molecule has 2 saturated carbocycles. The molecule has 1 heteroatoms. The van der Waals surface area contributed by atoms with Crippen molar-refractivity contribution in [2.75, 3.05) is 0 Å². The van der Waals surface area contributed by atoms with E-state index in [1.54, 1.807) is 0 Å². The van der Waals surface area contributed by atoms with Crippen LogP contribution in [0.5, 0.6) is 0 Å². The number of rotatable bonds is 1. The molecule has 0 spiro atoms. The van der Waals surface area contributed by atoms with E-state index >= 15 is 0 Å². The van der Waals surface area contributed by atoms with E-state index in [1.807, 2.05) is 0 Å². The first-order valence-electron chi connectivity index (χ1n) is 6.97. The summed E-state index contributed by atoms with van der Waals surface area (Å²) in [5, 5.41) is 10.4. The minimum atomic E-state index is -0.0623. The van der Waals surface area contributed by atoms with Gasteiger partial charge in [0.05, 0.1) is 6.10 Å². The summed E-state index contributed by atoms with van der Waals surface area (Å²) in [6, 6.07) is 0. The van der Waals surface area contributed by atoms with Crippen LogP contribution in [-0.2, 0) is 0 Å². The van der Waals surface area contributed by atoms with Gasteiger partial charge in [-0.1, -0.05) is 41.0 Å². The fraction of sp³-hybridized carbons (Fsp3) is 1.00. The molecular weight excluding hydrogens is 196 g/mol. The normalized spacial score (nSPS) is 47.1. The number of aliphatic hydroxyl groups excluding tert-OH is 1. The van der Waals surface area contributed by atoms with E-state index in [0.29, 0.717) is 28.6 Å². The Bertz CT molecular complexity index is 269. The number of hydrogen-bond acceptors (Lipinski definition) is 1. The molecule has 94 valence electrons. The zero-order valence-corrected chi connectivity index (χ0v) is 11.6. The van der Waals surface area contributed by atoms with Gasteiger partial charge in [0.15, 0.2) is 0 Å². The van der Waals surface area contributed by atoms with Gasteiger partial charge in [-0.25, -0.2) is 0 Å². The van der Waals surface area contributed by atoms with Crippen LogP contribution in [-0.4, -0.2) is 11.2 Å². The summed E-state index contributed by atoms with van der Waals surface area (Å²) in [4.78, 5) is 0. The van der Waals surface area contributed by atoms with Crippen LogP contribution in [0, 0.1) is 28.6 Å². The van der Waals surface area contributed by atoms with Crippen LogP contribution in [0.2, 0.25) is 0 Å². The van der Waals surface area contributed by atoms with Crippen LogP contribution >= 0.6 is 0 Å². The fourth-order valence-electron chi connectivity index (χ4n) is 5.20. The SMILES string of the molecule is CC(C)[C@@H]1C[C@H](O)[C@H]2C(C)(C)CCC[C@@]12C. The van der Waals surface area contributed by atoms with Gasteiger partial charge in [-0.3, -0.25) is 0 Å². The second-order valence-corrected chi connectivity index (χ2v) is 7.48. The van der Waals surface area contributed by atoms with Crippen molar-refractivity contribution in [2.24, 2.45) is 28.6 Å². The molecule has 4 atom stereocenters. The molecule has 0 radical (unpaired) electrons. The largest absolute Gasteiger partial charge is 0.393 e. The van der Waals surface area contributed by atoms with Gasteiger partial charge in [0.1, 0.15) is 0 Å². The lowest BCUT2D eigenvalue weighted by molar-refractivity contribution is -0.0515. The Morgan fingerprint density at radius 2 is 1.75 bits per heavy atom. The van der Waals surface area contributed by atoms with E-state index in [0.717, 1.165) is 6.42 Å². The van der Waals surface area contributed by atoms with Crippen molar-refractivity contribution in [1.82, 2.24) is 0 Å². The molecule has 2 aliphatic carbocycles. The van der Waals surface area contributed by atoms with Gasteiger partial charge in [0.25, 0.3) is 0 Å². The van der Waals surface area contributed by atoms with E-state index in [9.17, 15) is 5.11 Å². The standard InChI is InChI=1S/C15H28O/c1-10(2)11-9-12(16)13-14(3,4)7-6-8-15(11,13)5/h10-13,16H,6-9H2,1-5H3/t11-,12-,13-,15-/m0/s1. The first kappa shape index (κ1) is 12.4. The van der Waals surface area contributed by atoms with Crippen molar-refractivity contribution >= 4 is 0 Å². The third kappa shape index (κ3) is 1.63. The molecule has 2 rings (SSSR count). The molecule has 0 aromatic heterocycles. The van der Waals surface area contributed by atoms with Gasteiger partial charge in [-0.2, -0.15) is 0 Å². The second-order valence-electron chi connectivity index (χ2n) is 7.48. The first-order valence-corrected chi connectivity index (χ1v) is 6.97. The van der Waals surface area contributed by atoms with Crippen molar-refractivity contribution in [1.29, 1.82) is 0 Å². The predicted molar refractivity (Wildman–Crippen MR) is 68.2 cm³/mol. The van der Waals surface area contributed by atoms with Crippen LogP contribution < -0.4 is 0 Å². The van der Waals surface area contributed by atoms with Crippen LogP contribution in [0.1, 0.15) is 60.3 Å². The third-order valence-electron chi connectivity index (χ3n) is 5.62. The van der Waals surface area contributed by atoms with Crippen LogP contribution in [0.3, 0.4) is 0 Å². The molecule has 2 aliphatic rings. The average Bonchev–Trinajstić information content (AvgIpc) is 2.38. The number of fused-ring (bicyclic) bond motifs is 1. The Morgan fingerprint density at radius 3 is 2.31 bits per heavy atom. The van der Waals surface area contributed by atoms with Gasteiger partial charge >= 0.3 is 0 Å². The lowest BCUT2D eigenvalue weighted by Crippen LogP contribution is -2.45. The van der Waals surface area contributed by atoms with Gasteiger partial charge in [-0.05, 0) is 47.8 Å². The molecule has 0 aliphatic heterocycles. The van der Waals surface area contributed by atoms with Crippen molar-refractivity contribution in [3.63, 3.8) is 0 Å². The molecule has 1 N–H and O–H groups in total. The zero-order valence-electron chi connectivity index (χ0n) is 11.6. The summed E-state index contributed by atoms with van der Waals surface area (Å²) >= 11 is 0. The highest BCUT2D eigenvalue weighted by Gasteiger charge is 2.58. The Morgan fingerprint density at radius 1 is 1.12 bits per heavy atom.